The number of hydrogen-bond donors (Lipinski definition) is 1. The largest absolute Gasteiger partial charge is 0.493 e. The van der Waals surface area contributed by atoms with Crippen molar-refractivity contribution in [3.63, 3.8) is 0 Å². The lowest BCUT2D eigenvalue weighted by Gasteiger charge is -2.14. The first kappa shape index (κ1) is 17.8. The van der Waals surface area contributed by atoms with Crippen molar-refractivity contribution in [1.82, 2.24) is 0 Å². The third kappa shape index (κ3) is 4.35. The number of halogens is 1. The average molecular weight is 358 g/mol. The Balaban J connectivity index is 1.81. The minimum Gasteiger partial charge on any atom is -0.493 e. The molecule has 0 radical (unpaired) electrons. The van der Waals surface area contributed by atoms with Gasteiger partial charge in [0, 0.05) is 21.8 Å². The van der Waals surface area contributed by atoms with Crippen LogP contribution >= 0.6 is 11.6 Å². The maximum Gasteiger partial charge on any atom is 0.255 e. The summed E-state index contributed by atoms with van der Waals surface area (Å²) < 4.78 is 5.94. The van der Waals surface area contributed by atoms with E-state index in [-0.39, 0.29) is 5.91 Å². The second-order valence-electron chi connectivity index (χ2n) is 6.80. The number of carbonyl (C=O) groups excluding carboxylic acids is 1. The molecule has 0 bridgehead atoms. The van der Waals surface area contributed by atoms with Crippen LogP contribution in [0.3, 0.4) is 0 Å². The van der Waals surface area contributed by atoms with Gasteiger partial charge < -0.3 is 10.1 Å². The summed E-state index contributed by atoms with van der Waals surface area (Å²) in [7, 11) is 0. The number of amides is 1. The van der Waals surface area contributed by atoms with Gasteiger partial charge in [0.15, 0.2) is 0 Å². The first-order valence-electron chi connectivity index (χ1n) is 8.81. The lowest BCUT2D eigenvalue weighted by Crippen LogP contribution is -2.13. The van der Waals surface area contributed by atoms with Crippen LogP contribution in [-0.2, 0) is 6.42 Å². The lowest BCUT2D eigenvalue weighted by atomic mass is 10.1. The lowest BCUT2D eigenvalue weighted by molar-refractivity contribution is 0.102. The van der Waals surface area contributed by atoms with Crippen molar-refractivity contribution in [2.45, 2.75) is 40.0 Å². The molecular formula is C21H24ClNO2. The van der Waals surface area contributed by atoms with Crippen LogP contribution in [0.25, 0.3) is 0 Å². The molecule has 1 aliphatic carbocycles. The van der Waals surface area contributed by atoms with Crippen molar-refractivity contribution in [3.05, 3.63) is 57.6 Å². The number of carbonyl (C=O) groups is 1. The highest BCUT2D eigenvalue weighted by atomic mass is 35.5. The van der Waals surface area contributed by atoms with Crippen molar-refractivity contribution in [2.75, 3.05) is 11.9 Å². The second kappa shape index (κ2) is 7.49. The first-order chi connectivity index (χ1) is 12.0. The van der Waals surface area contributed by atoms with Gasteiger partial charge >= 0.3 is 0 Å². The van der Waals surface area contributed by atoms with Crippen LogP contribution in [0.15, 0.2) is 30.3 Å². The van der Waals surface area contributed by atoms with Crippen LogP contribution in [0.1, 0.15) is 46.8 Å². The van der Waals surface area contributed by atoms with Crippen molar-refractivity contribution in [3.8, 4) is 5.75 Å². The predicted octanol–water partition coefficient (Wildman–Crippen LogP) is 5.56. The fourth-order valence-electron chi connectivity index (χ4n) is 2.73. The van der Waals surface area contributed by atoms with Gasteiger partial charge in [-0.2, -0.15) is 0 Å². The number of benzene rings is 2. The molecule has 2 aromatic rings. The zero-order valence-electron chi connectivity index (χ0n) is 15.0. The van der Waals surface area contributed by atoms with E-state index in [1.807, 2.05) is 45.0 Å². The Labute approximate surface area is 154 Å². The summed E-state index contributed by atoms with van der Waals surface area (Å²) in [5, 5.41) is 3.53. The molecule has 2 aromatic carbocycles. The van der Waals surface area contributed by atoms with Crippen LogP contribution in [-0.4, -0.2) is 12.5 Å². The number of ether oxygens (including phenoxy) is 1. The Morgan fingerprint density at radius 1 is 1.20 bits per heavy atom. The molecule has 0 aromatic heterocycles. The van der Waals surface area contributed by atoms with Gasteiger partial charge in [0.05, 0.1) is 6.61 Å². The zero-order valence-corrected chi connectivity index (χ0v) is 15.7. The van der Waals surface area contributed by atoms with E-state index in [0.29, 0.717) is 23.1 Å². The minimum atomic E-state index is -0.177. The first-order valence-corrected chi connectivity index (χ1v) is 9.19. The van der Waals surface area contributed by atoms with Gasteiger partial charge in [-0.25, -0.2) is 0 Å². The molecule has 1 fully saturated rings. The Hall–Kier alpha value is -2.00. The van der Waals surface area contributed by atoms with E-state index in [4.69, 9.17) is 16.3 Å². The van der Waals surface area contributed by atoms with Gasteiger partial charge in [-0.05, 0) is 74.4 Å². The Kier molecular flexibility index (Phi) is 5.33. The molecule has 0 heterocycles. The summed E-state index contributed by atoms with van der Waals surface area (Å²) in [6, 6.07) is 9.42. The molecular weight excluding hydrogens is 334 g/mol. The number of nitrogens with one attached hydrogen (secondary N) is 1. The highest BCUT2D eigenvalue weighted by molar-refractivity contribution is 6.32. The van der Waals surface area contributed by atoms with E-state index >= 15 is 0 Å². The van der Waals surface area contributed by atoms with Gasteiger partial charge in [0.2, 0.25) is 0 Å². The van der Waals surface area contributed by atoms with E-state index < -0.39 is 0 Å². The van der Waals surface area contributed by atoms with E-state index in [1.54, 1.807) is 6.07 Å². The highest BCUT2D eigenvalue weighted by Gasteiger charge is 2.23. The molecule has 0 atom stereocenters. The normalized spacial score (nSPS) is 13.6. The average Bonchev–Trinajstić information content (AvgIpc) is 3.40. The van der Waals surface area contributed by atoms with Gasteiger partial charge in [-0.1, -0.05) is 24.6 Å². The van der Waals surface area contributed by atoms with E-state index in [0.717, 1.165) is 29.0 Å². The van der Waals surface area contributed by atoms with Crippen LogP contribution in [0.5, 0.6) is 5.75 Å². The standard InChI is InChI=1S/C21H24ClNO2/c1-4-18-19(22)10-16(11-20(18)25-12-15-6-7-15)21(24)23-17-8-5-13(2)14(3)9-17/h5,8-11,15H,4,6-7,12H2,1-3H3,(H,23,24). The van der Waals surface area contributed by atoms with Crippen molar-refractivity contribution >= 4 is 23.2 Å². The SMILES string of the molecule is CCc1c(Cl)cc(C(=O)Nc2ccc(C)c(C)c2)cc1OCC1CC1. The van der Waals surface area contributed by atoms with E-state index in [1.165, 1.54) is 18.4 Å². The fourth-order valence-corrected chi connectivity index (χ4v) is 3.07. The molecule has 3 rings (SSSR count). The summed E-state index contributed by atoms with van der Waals surface area (Å²) >= 11 is 6.40. The highest BCUT2D eigenvalue weighted by Crippen LogP contribution is 2.33. The molecule has 25 heavy (non-hydrogen) atoms. The fraction of sp³-hybridized carbons (Fsp3) is 0.381. The Morgan fingerprint density at radius 3 is 2.60 bits per heavy atom. The van der Waals surface area contributed by atoms with Crippen LogP contribution in [0.2, 0.25) is 5.02 Å². The van der Waals surface area contributed by atoms with E-state index in [9.17, 15) is 4.79 Å². The molecule has 1 aliphatic rings. The smallest absolute Gasteiger partial charge is 0.255 e. The van der Waals surface area contributed by atoms with E-state index in [2.05, 4.69) is 5.32 Å². The summed E-state index contributed by atoms with van der Waals surface area (Å²) in [5.41, 5.74) is 4.61. The van der Waals surface area contributed by atoms with Crippen molar-refractivity contribution in [1.29, 1.82) is 0 Å². The third-order valence-corrected chi connectivity index (χ3v) is 5.04. The number of hydrogen-bond acceptors (Lipinski definition) is 2. The Bertz CT molecular complexity index is 797. The van der Waals surface area contributed by atoms with Gasteiger partial charge in [0.25, 0.3) is 5.91 Å². The molecule has 1 amide bonds. The van der Waals surface area contributed by atoms with Crippen molar-refractivity contribution in [2.24, 2.45) is 5.92 Å². The molecule has 0 unspecified atom stereocenters. The van der Waals surface area contributed by atoms with Crippen LogP contribution < -0.4 is 10.1 Å². The quantitative estimate of drug-likeness (QED) is 0.734. The van der Waals surface area contributed by atoms with Crippen LogP contribution in [0, 0.1) is 19.8 Å². The molecule has 132 valence electrons. The third-order valence-electron chi connectivity index (χ3n) is 4.71. The molecule has 0 saturated heterocycles. The molecule has 3 nitrogen and oxygen atoms in total. The molecule has 1 N–H and O–H groups in total. The maximum atomic E-state index is 12.6. The second-order valence-corrected chi connectivity index (χ2v) is 7.20. The topological polar surface area (TPSA) is 38.3 Å². The monoisotopic (exact) mass is 357 g/mol. The molecule has 0 spiro atoms. The van der Waals surface area contributed by atoms with Crippen molar-refractivity contribution < 1.29 is 9.53 Å². The minimum absolute atomic E-state index is 0.177. The molecule has 4 heteroatoms. The number of aryl methyl sites for hydroxylation is 2. The number of rotatable bonds is 6. The summed E-state index contributed by atoms with van der Waals surface area (Å²) in [6.07, 6.45) is 3.22. The summed E-state index contributed by atoms with van der Waals surface area (Å²) in [5.74, 6) is 1.20. The maximum absolute atomic E-state index is 12.6. The Morgan fingerprint density at radius 2 is 1.96 bits per heavy atom. The summed E-state index contributed by atoms with van der Waals surface area (Å²) in [6.45, 7) is 6.82. The van der Waals surface area contributed by atoms with Crippen LogP contribution in [0.4, 0.5) is 5.69 Å². The summed E-state index contributed by atoms with van der Waals surface area (Å²) in [4.78, 5) is 12.6. The van der Waals surface area contributed by atoms with Gasteiger partial charge in [-0.3, -0.25) is 4.79 Å². The molecule has 1 saturated carbocycles. The predicted molar refractivity (Wildman–Crippen MR) is 103 cm³/mol. The number of anilines is 1. The molecule has 0 aliphatic heterocycles. The van der Waals surface area contributed by atoms with Gasteiger partial charge in [-0.15, -0.1) is 0 Å². The zero-order chi connectivity index (χ0) is 18.0. The van der Waals surface area contributed by atoms with Gasteiger partial charge in [0.1, 0.15) is 5.75 Å².